The monoisotopic (exact) mass is 515 g/mol. The molecule has 2 aromatic rings. The predicted octanol–water partition coefficient (Wildman–Crippen LogP) is 4.49. The quantitative estimate of drug-likeness (QED) is 0.505. The van der Waals surface area contributed by atoms with Crippen molar-refractivity contribution in [2.24, 2.45) is 0 Å². The minimum absolute atomic E-state index is 0.121. The SMILES string of the molecule is Cc1cccc(CN(C(=O)CCCN(c2cccc(C)c2C)S(C)(=O)=O)C(C)C(=O)NC(C)(C)C)c1. The fourth-order valence-corrected chi connectivity index (χ4v) is 5.07. The molecule has 36 heavy (non-hydrogen) atoms. The lowest BCUT2D eigenvalue weighted by Crippen LogP contribution is -2.52. The number of anilines is 1. The van der Waals surface area contributed by atoms with Crippen molar-refractivity contribution in [3.05, 3.63) is 64.7 Å². The summed E-state index contributed by atoms with van der Waals surface area (Å²) >= 11 is 0. The standard InChI is InChI=1S/C28H41N3O4S/c1-20-12-9-14-24(18-20)19-30(23(4)27(33)29-28(5,6)7)26(32)16-11-17-31(36(8,34)35)25-15-10-13-21(2)22(25)3/h9-10,12-15,18,23H,11,16-17,19H2,1-8H3,(H,29,33). The average molecular weight is 516 g/mol. The summed E-state index contributed by atoms with van der Waals surface area (Å²) in [5.74, 6) is -0.417. The predicted molar refractivity (Wildman–Crippen MR) is 146 cm³/mol. The van der Waals surface area contributed by atoms with Gasteiger partial charge in [0.1, 0.15) is 6.04 Å². The zero-order valence-corrected chi connectivity index (χ0v) is 23.7. The van der Waals surface area contributed by atoms with E-state index < -0.39 is 21.6 Å². The Hall–Kier alpha value is -2.87. The van der Waals surface area contributed by atoms with Crippen LogP contribution in [-0.4, -0.2) is 49.5 Å². The highest BCUT2D eigenvalue weighted by Gasteiger charge is 2.29. The van der Waals surface area contributed by atoms with E-state index in [4.69, 9.17) is 0 Å². The lowest BCUT2D eigenvalue weighted by atomic mass is 10.1. The zero-order valence-electron chi connectivity index (χ0n) is 22.9. The molecule has 1 atom stereocenters. The zero-order chi connectivity index (χ0) is 27.3. The van der Waals surface area contributed by atoms with Gasteiger partial charge >= 0.3 is 0 Å². The maximum absolute atomic E-state index is 13.4. The minimum atomic E-state index is -3.53. The topological polar surface area (TPSA) is 86.8 Å². The Kier molecular flexibility index (Phi) is 9.71. The second-order valence-corrected chi connectivity index (χ2v) is 12.5. The van der Waals surface area contributed by atoms with Gasteiger partial charge in [-0.15, -0.1) is 0 Å². The Bertz CT molecular complexity index is 1190. The third-order valence-electron chi connectivity index (χ3n) is 6.10. The molecule has 0 heterocycles. The van der Waals surface area contributed by atoms with E-state index in [1.165, 1.54) is 10.6 Å². The Labute approximate surface area is 216 Å². The molecule has 0 aliphatic heterocycles. The number of rotatable bonds is 10. The third kappa shape index (κ3) is 8.36. The van der Waals surface area contributed by atoms with Crippen LogP contribution in [0.5, 0.6) is 0 Å². The van der Waals surface area contributed by atoms with Gasteiger partial charge in [0, 0.05) is 25.0 Å². The van der Waals surface area contributed by atoms with Crippen molar-refractivity contribution >= 4 is 27.5 Å². The van der Waals surface area contributed by atoms with Gasteiger partial charge in [-0.25, -0.2) is 8.42 Å². The van der Waals surface area contributed by atoms with Crippen molar-refractivity contribution in [2.75, 3.05) is 17.1 Å². The molecule has 0 fully saturated rings. The number of carbonyl (C=O) groups excluding carboxylic acids is 2. The lowest BCUT2D eigenvalue weighted by molar-refractivity contribution is -0.141. The molecule has 0 spiro atoms. The summed E-state index contributed by atoms with van der Waals surface area (Å²) in [6.07, 6.45) is 1.63. The fraction of sp³-hybridized carbons (Fsp3) is 0.500. The number of carbonyl (C=O) groups is 2. The number of hydrogen-bond acceptors (Lipinski definition) is 4. The summed E-state index contributed by atoms with van der Waals surface area (Å²) < 4.78 is 26.5. The third-order valence-corrected chi connectivity index (χ3v) is 7.28. The second kappa shape index (κ2) is 11.9. The van der Waals surface area contributed by atoms with E-state index in [0.29, 0.717) is 18.7 Å². The number of aryl methyl sites for hydroxylation is 2. The molecule has 2 rings (SSSR count). The average Bonchev–Trinajstić information content (AvgIpc) is 2.75. The van der Waals surface area contributed by atoms with E-state index in [9.17, 15) is 18.0 Å². The van der Waals surface area contributed by atoms with Crippen LogP contribution in [0.1, 0.15) is 62.8 Å². The summed E-state index contributed by atoms with van der Waals surface area (Å²) in [5, 5.41) is 2.96. The van der Waals surface area contributed by atoms with E-state index in [0.717, 1.165) is 22.3 Å². The van der Waals surface area contributed by atoms with Crippen LogP contribution in [0.3, 0.4) is 0 Å². The van der Waals surface area contributed by atoms with E-state index in [-0.39, 0.29) is 24.8 Å². The highest BCUT2D eigenvalue weighted by molar-refractivity contribution is 7.92. The minimum Gasteiger partial charge on any atom is -0.350 e. The first-order chi connectivity index (χ1) is 16.6. The summed E-state index contributed by atoms with van der Waals surface area (Å²) in [7, 11) is -3.53. The number of benzene rings is 2. The van der Waals surface area contributed by atoms with Crippen LogP contribution in [0.4, 0.5) is 5.69 Å². The van der Waals surface area contributed by atoms with Crippen LogP contribution in [-0.2, 0) is 26.2 Å². The van der Waals surface area contributed by atoms with Gasteiger partial charge in [-0.1, -0.05) is 42.0 Å². The smallest absolute Gasteiger partial charge is 0.242 e. The van der Waals surface area contributed by atoms with Crippen LogP contribution in [0.2, 0.25) is 0 Å². The molecule has 0 bridgehead atoms. The highest BCUT2D eigenvalue weighted by Crippen LogP contribution is 2.25. The Morgan fingerprint density at radius 2 is 1.67 bits per heavy atom. The van der Waals surface area contributed by atoms with E-state index >= 15 is 0 Å². The van der Waals surface area contributed by atoms with Gasteiger partial charge in [0.05, 0.1) is 11.9 Å². The van der Waals surface area contributed by atoms with Crippen molar-refractivity contribution in [3.8, 4) is 0 Å². The maximum atomic E-state index is 13.4. The van der Waals surface area contributed by atoms with Crippen LogP contribution in [0.25, 0.3) is 0 Å². The van der Waals surface area contributed by atoms with Crippen molar-refractivity contribution in [1.82, 2.24) is 10.2 Å². The Morgan fingerprint density at radius 1 is 1.03 bits per heavy atom. The van der Waals surface area contributed by atoms with Crippen LogP contribution < -0.4 is 9.62 Å². The van der Waals surface area contributed by atoms with Crippen molar-refractivity contribution in [1.29, 1.82) is 0 Å². The van der Waals surface area contributed by atoms with E-state index in [1.807, 2.05) is 77.9 Å². The molecular formula is C28H41N3O4S. The summed E-state index contributed by atoms with van der Waals surface area (Å²) in [5.41, 5.74) is 4.10. The highest BCUT2D eigenvalue weighted by atomic mass is 32.2. The van der Waals surface area contributed by atoms with Crippen LogP contribution in [0.15, 0.2) is 42.5 Å². The molecule has 0 radical (unpaired) electrons. The molecule has 2 aromatic carbocycles. The molecule has 1 unspecified atom stereocenters. The van der Waals surface area contributed by atoms with Crippen molar-refractivity contribution in [2.45, 2.75) is 79.4 Å². The van der Waals surface area contributed by atoms with Crippen molar-refractivity contribution < 1.29 is 18.0 Å². The largest absolute Gasteiger partial charge is 0.350 e. The fourth-order valence-electron chi connectivity index (χ4n) is 4.05. The van der Waals surface area contributed by atoms with Crippen molar-refractivity contribution in [3.63, 3.8) is 0 Å². The number of amides is 2. The molecule has 8 heteroatoms. The molecule has 0 aliphatic rings. The summed E-state index contributed by atoms with van der Waals surface area (Å²) in [4.78, 5) is 27.9. The molecule has 2 amide bonds. The van der Waals surface area contributed by atoms with Gasteiger partial charge in [0.25, 0.3) is 0 Å². The van der Waals surface area contributed by atoms with E-state index in [2.05, 4.69) is 5.32 Å². The molecular weight excluding hydrogens is 474 g/mol. The van der Waals surface area contributed by atoms with Gasteiger partial charge < -0.3 is 10.2 Å². The normalized spacial score (nSPS) is 12.7. The molecule has 0 aliphatic carbocycles. The molecule has 1 N–H and O–H groups in total. The lowest BCUT2D eigenvalue weighted by Gasteiger charge is -2.32. The molecule has 0 saturated heterocycles. The van der Waals surface area contributed by atoms with E-state index in [1.54, 1.807) is 17.9 Å². The molecule has 0 saturated carbocycles. The number of nitrogens with one attached hydrogen (secondary N) is 1. The first-order valence-electron chi connectivity index (χ1n) is 12.3. The van der Waals surface area contributed by atoms with Gasteiger partial charge in [-0.3, -0.25) is 13.9 Å². The first-order valence-corrected chi connectivity index (χ1v) is 14.2. The van der Waals surface area contributed by atoms with Gasteiger partial charge in [0.15, 0.2) is 0 Å². The van der Waals surface area contributed by atoms with Gasteiger partial charge in [-0.05, 0) is 77.6 Å². The Balaban J connectivity index is 2.23. The van der Waals surface area contributed by atoms with Crippen LogP contribution >= 0.6 is 0 Å². The molecule has 198 valence electrons. The Morgan fingerprint density at radius 3 is 2.25 bits per heavy atom. The van der Waals surface area contributed by atoms with Gasteiger partial charge in [-0.2, -0.15) is 0 Å². The maximum Gasteiger partial charge on any atom is 0.242 e. The molecule has 7 nitrogen and oxygen atoms in total. The van der Waals surface area contributed by atoms with Crippen LogP contribution in [0, 0.1) is 20.8 Å². The number of hydrogen-bond donors (Lipinski definition) is 1. The molecule has 0 aromatic heterocycles. The number of sulfonamides is 1. The van der Waals surface area contributed by atoms with Gasteiger partial charge in [0.2, 0.25) is 21.8 Å². The second-order valence-electron chi connectivity index (χ2n) is 10.6. The first kappa shape index (κ1) is 29.4. The summed E-state index contributed by atoms with van der Waals surface area (Å²) in [6, 6.07) is 12.7. The number of nitrogens with zero attached hydrogens (tertiary/aromatic N) is 2. The summed E-state index contributed by atoms with van der Waals surface area (Å²) in [6.45, 7) is 13.7.